The van der Waals surface area contributed by atoms with Crippen molar-refractivity contribution in [1.82, 2.24) is 24.5 Å². The molecule has 0 spiro atoms. The van der Waals surface area contributed by atoms with Crippen molar-refractivity contribution in [3.8, 4) is 6.07 Å². The Morgan fingerprint density at radius 3 is 2.54 bits per heavy atom. The molecule has 0 aliphatic carbocycles. The third-order valence-electron chi connectivity index (χ3n) is 4.58. The Morgan fingerprint density at radius 2 is 1.88 bits per heavy atom. The number of nitrogens with zero attached hydrogens (tertiary/aromatic N) is 7. The van der Waals surface area contributed by atoms with Gasteiger partial charge in [-0.1, -0.05) is 0 Å². The van der Waals surface area contributed by atoms with Crippen LogP contribution in [0.2, 0.25) is 0 Å². The molecule has 0 amide bonds. The first-order chi connectivity index (χ1) is 12.4. The monoisotopic (exact) mass is 361 g/mol. The minimum absolute atomic E-state index is 0.151. The summed E-state index contributed by atoms with van der Waals surface area (Å²) in [5, 5.41) is 17.1. The molecule has 1 aliphatic rings. The Kier molecular flexibility index (Phi) is 3.69. The molecule has 2 aromatic heterocycles. The van der Waals surface area contributed by atoms with Crippen molar-refractivity contribution < 1.29 is 13.2 Å². The number of rotatable bonds is 1. The third kappa shape index (κ3) is 2.61. The molecule has 0 bridgehead atoms. The van der Waals surface area contributed by atoms with Crippen LogP contribution in [-0.4, -0.2) is 57.7 Å². The lowest BCUT2D eigenvalue weighted by molar-refractivity contribution is -0.137. The Labute approximate surface area is 146 Å². The van der Waals surface area contributed by atoms with E-state index in [0.717, 1.165) is 19.2 Å². The van der Waals surface area contributed by atoms with Crippen LogP contribution in [0, 0.1) is 11.3 Å². The second-order valence-corrected chi connectivity index (χ2v) is 6.25. The van der Waals surface area contributed by atoms with Gasteiger partial charge in [-0.25, -0.2) is 4.98 Å². The smallest absolute Gasteiger partial charge is 0.351 e. The van der Waals surface area contributed by atoms with Crippen LogP contribution < -0.4 is 4.90 Å². The topological polar surface area (TPSA) is 73.3 Å². The van der Waals surface area contributed by atoms with Crippen molar-refractivity contribution in [2.45, 2.75) is 6.18 Å². The van der Waals surface area contributed by atoms with E-state index in [-0.39, 0.29) is 5.52 Å². The van der Waals surface area contributed by atoms with Crippen LogP contribution in [0.5, 0.6) is 0 Å². The van der Waals surface area contributed by atoms with Gasteiger partial charge in [-0.05, 0) is 19.2 Å². The summed E-state index contributed by atoms with van der Waals surface area (Å²) in [6, 6.07) is 3.73. The van der Waals surface area contributed by atoms with Crippen LogP contribution in [0.25, 0.3) is 16.7 Å². The molecule has 1 saturated heterocycles. The zero-order valence-electron chi connectivity index (χ0n) is 13.8. The normalized spacial score (nSPS) is 16.3. The summed E-state index contributed by atoms with van der Waals surface area (Å²) in [6.07, 6.45) is -3.20. The number of likely N-dealkylation sites (N-methyl/N-ethyl adjacent to an activating group) is 1. The predicted octanol–water partition coefficient (Wildman–Crippen LogP) is 1.92. The van der Waals surface area contributed by atoms with Gasteiger partial charge in [-0.2, -0.15) is 18.4 Å². The van der Waals surface area contributed by atoms with E-state index in [9.17, 15) is 13.2 Å². The number of nitriles is 1. The number of fused-ring (bicyclic) bond motifs is 3. The summed E-state index contributed by atoms with van der Waals surface area (Å²) in [6.45, 7) is 3.03. The van der Waals surface area contributed by atoms with Crippen molar-refractivity contribution in [2.24, 2.45) is 0 Å². The fraction of sp³-hybridized carbons (Fsp3) is 0.375. The lowest BCUT2D eigenvalue weighted by atomic mass is 10.1. The van der Waals surface area contributed by atoms with Gasteiger partial charge in [0, 0.05) is 26.2 Å². The van der Waals surface area contributed by atoms with Crippen LogP contribution in [0.4, 0.5) is 19.0 Å². The summed E-state index contributed by atoms with van der Waals surface area (Å²) in [7, 11) is 2.01. The molecule has 0 radical (unpaired) electrons. The Morgan fingerprint density at radius 1 is 1.15 bits per heavy atom. The minimum atomic E-state index is -4.63. The Hall–Kier alpha value is -2.93. The Bertz CT molecular complexity index is 1030. The molecule has 3 aromatic rings. The van der Waals surface area contributed by atoms with Crippen molar-refractivity contribution in [1.29, 1.82) is 5.26 Å². The summed E-state index contributed by atoms with van der Waals surface area (Å²) >= 11 is 0. The average Bonchev–Trinajstić information content (AvgIpc) is 3.10. The maximum Gasteiger partial charge on any atom is 0.417 e. The number of hydrogen-bond donors (Lipinski definition) is 0. The number of halogens is 3. The molecule has 134 valence electrons. The van der Waals surface area contributed by atoms with Gasteiger partial charge < -0.3 is 9.80 Å². The molecule has 3 heterocycles. The van der Waals surface area contributed by atoms with Crippen LogP contribution in [0.15, 0.2) is 18.5 Å². The molecule has 4 rings (SSSR count). The zero-order chi connectivity index (χ0) is 18.5. The molecule has 26 heavy (non-hydrogen) atoms. The highest BCUT2D eigenvalue weighted by Crippen LogP contribution is 2.35. The molecule has 7 nitrogen and oxygen atoms in total. The Balaban J connectivity index is 1.96. The molecule has 1 aromatic carbocycles. The maximum atomic E-state index is 13.3. The fourth-order valence-electron chi connectivity index (χ4n) is 3.14. The van der Waals surface area contributed by atoms with Crippen LogP contribution in [-0.2, 0) is 6.18 Å². The molecule has 0 atom stereocenters. The molecule has 1 fully saturated rings. The number of benzene rings is 1. The highest BCUT2D eigenvalue weighted by atomic mass is 19.4. The SMILES string of the molecule is CN1CCN(c2nc3cc(C(F)(F)F)c(C#N)cc3n3cnnc23)CC1. The van der Waals surface area contributed by atoms with E-state index < -0.39 is 17.3 Å². The second-order valence-electron chi connectivity index (χ2n) is 6.25. The van der Waals surface area contributed by atoms with Gasteiger partial charge in [-0.3, -0.25) is 4.40 Å². The summed E-state index contributed by atoms with van der Waals surface area (Å²) < 4.78 is 41.4. The molecule has 1 aliphatic heterocycles. The van der Waals surface area contributed by atoms with E-state index in [1.165, 1.54) is 12.4 Å². The number of aromatic nitrogens is 4. The van der Waals surface area contributed by atoms with Gasteiger partial charge in [0.05, 0.1) is 28.2 Å². The van der Waals surface area contributed by atoms with Crippen molar-refractivity contribution in [3.63, 3.8) is 0 Å². The first-order valence-electron chi connectivity index (χ1n) is 7.97. The first kappa shape index (κ1) is 16.5. The quantitative estimate of drug-likeness (QED) is 0.659. The van der Waals surface area contributed by atoms with Gasteiger partial charge in [0.15, 0.2) is 5.82 Å². The van der Waals surface area contributed by atoms with Gasteiger partial charge in [0.25, 0.3) is 0 Å². The van der Waals surface area contributed by atoms with E-state index >= 15 is 0 Å². The number of anilines is 1. The molecule has 0 N–H and O–H groups in total. The van der Waals surface area contributed by atoms with E-state index in [2.05, 4.69) is 20.1 Å². The van der Waals surface area contributed by atoms with E-state index in [1.807, 2.05) is 11.9 Å². The zero-order valence-corrected chi connectivity index (χ0v) is 13.8. The molecular formula is C16H14F3N7. The van der Waals surface area contributed by atoms with Gasteiger partial charge in [0.2, 0.25) is 5.65 Å². The molecular weight excluding hydrogens is 347 g/mol. The van der Waals surface area contributed by atoms with Crippen LogP contribution in [0.1, 0.15) is 11.1 Å². The second kappa shape index (κ2) is 5.81. The van der Waals surface area contributed by atoms with Gasteiger partial charge >= 0.3 is 6.18 Å². The third-order valence-corrected chi connectivity index (χ3v) is 4.58. The van der Waals surface area contributed by atoms with Crippen molar-refractivity contribution in [3.05, 3.63) is 29.6 Å². The maximum absolute atomic E-state index is 13.3. The molecule has 0 saturated carbocycles. The summed E-state index contributed by atoms with van der Waals surface area (Å²) in [5.41, 5.74) is -0.457. The number of piperazine rings is 1. The minimum Gasteiger partial charge on any atom is -0.351 e. The fourth-order valence-corrected chi connectivity index (χ4v) is 3.14. The largest absolute Gasteiger partial charge is 0.417 e. The number of alkyl halides is 3. The van der Waals surface area contributed by atoms with E-state index in [4.69, 9.17) is 5.26 Å². The van der Waals surface area contributed by atoms with Crippen molar-refractivity contribution >= 4 is 22.5 Å². The first-order valence-corrected chi connectivity index (χ1v) is 7.97. The molecule has 10 heteroatoms. The molecule has 0 unspecified atom stereocenters. The predicted molar refractivity (Wildman–Crippen MR) is 87.7 cm³/mol. The standard InChI is InChI=1S/C16H14F3N7/c1-24-2-4-25(5-3-24)14-15-23-21-9-26(15)13-6-10(8-20)11(16(17,18)19)7-12(13)22-14/h6-7,9H,2-5H2,1H3. The highest BCUT2D eigenvalue weighted by molar-refractivity contribution is 5.85. The van der Waals surface area contributed by atoms with E-state index in [1.54, 1.807) is 10.5 Å². The summed E-state index contributed by atoms with van der Waals surface area (Å²) in [4.78, 5) is 8.61. The van der Waals surface area contributed by atoms with E-state index in [0.29, 0.717) is 30.1 Å². The van der Waals surface area contributed by atoms with Crippen molar-refractivity contribution in [2.75, 3.05) is 38.1 Å². The number of hydrogen-bond acceptors (Lipinski definition) is 6. The lowest BCUT2D eigenvalue weighted by Crippen LogP contribution is -2.45. The van der Waals surface area contributed by atoms with Crippen LogP contribution >= 0.6 is 0 Å². The van der Waals surface area contributed by atoms with Gasteiger partial charge in [-0.15, -0.1) is 10.2 Å². The van der Waals surface area contributed by atoms with Crippen LogP contribution in [0.3, 0.4) is 0 Å². The lowest BCUT2D eigenvalue weighted by Gasteiger charge is -2.33. The highest BCUT2D eigenvalue weighted by Gasteiger charge is 2.34. The van der Waals surface area contributed by atoms with Gasteiger partial charge in [0.1, 0.15) is 6.33 Å². The average molecular weight is 361 g/mol. The summed E-state index contributed by atoms with van der Waals surface area (Å²) in [5.74, 6) is 0.501.